The number of hydrogen-bond acceptors (Lipinski definition) is 0. The SMILES string of the molecule is CCCCCCn1c2ccccc2c2cc([Si](c3ccccc3)c3ccccc3)ccc21. The standard InChI is InChI=1S/C30H30NSi/c1-2-3-4-13-22-31-29-19-12-11-18-27(29)28-23-26(20-21-30(28)31)32(24-14-7-5-8-15-24)25-16-9-6-10-17-25/h5-12,14-21,23H,2-4,13,22H2,1H3. The van der Waals surface area contributed by atoms with Crippen LogP contribution in [0, 0.1) is 0 Å². The van der Waals surface area contributed by atoms with Crippen molar-refractivity contribution >= 4 is 46.2 Å². The molecular weight excluding hydrogens is 402 g/mol. The predicted molar refractivity (Wildman–Crippen MR) is 141 cm³/mol. The van der Waals surface area contributed by atoms with E-state index in [1.54, 1.807) is 0 Å². The van der Waals surface area contributed by atoms with Gasteiger partial charge in [0.2, 0.25) is 0 Å². The molecule has 159 valence electrons. The average molecular weight is 433 g/mol. The van der Waals surface area contributed by atoms with Gasteiger partial charge in [-0.2, -0.15) is 0 Å². The van der Waals surface area contributed by atoms with Crippen molar-refractivity contribution in [1.82, 2.24) is 4.57 Å². The van der Waals surface area contributed by atoms with Crippen LogP contribution >= 0.6 is 0 Å². The molecule has 0 aliphatic rings. The van der Waals surface area contributed by atoms with Crippen molar-refractivity contribution in [2.75, 3.05) is 0 Å². The normalized spacial score (nSPS) is 11.6. The lowest BCUT2D eigenvalue weighted by molar-refractivity contribution is 0.602. The summed E-state index contributed by atoms with van der Waals surface area (Å²) in [5, 5.41) is 7.09. The van der Waals surface area contributed by atoms with E-state index in [1.807, 2.05) is 0 Å². The smallest absolute Gasteiger partial charge is 0.154 e. The van der Waals surface area contributed by atoms with E-state index in [0.29, 0.717) is 0 Å². The molecule has 0 atom stereocenters. The maximum atomic E-state index is 2.54. The molecule has 1 radical (unpaired) electrons. The first-order valence-electron chi connectivity index (χ1n) is 11.9. The quantitative estimate of drug-likeness (QED) is 0.164. The van der Waals surface area contributed by atoms with Gasteiger partial charge in [0.05, 0.1) is 0 Å². The lowest BCUT2D eigenvalue weighted by Gasteiger charge is -2.17. The maximum Gasteiger partial charge on any atom is 0.154 e. The van der Waals surface area contributed by atoms with E-state index in [1.165, 1.54) is 63.0 Å². The lowest BCUT2D eigenvalue weighted by atomic mass is 10.1. The second-order valence-corrected chi connectivity index (χ2v) is 11.1. The molecule has 0 N–H and O–H groups in total. The Bertz CT molecular complexity index is 1270. The van der Waals surface area contributed by atoms with E-state index >= 15 is 0 Å². The van der Waals surface area contributed by atoms with Crippen LogP contribution in [-0.4, -0.2) is 13.4 Å². The molecule has 0 aliphatic carbocycles. The molecule has 0 fully saturated rings. The summed E-state index contributed by atoms with van der Waals surface area (Å²) in [4.78, 5) is 0. The van der Waals surface area contributed by atoms with Gasteiger partial charge in [-0.1, -0.05) is 128 Å². The highest BCUT2D eigenvalue weighted by Crippen LogP contribution is 2.29. The van der Waals surface area contributed by atoms with Crippen molar-refractivity contribution in [3.63, 3.8) is 0 Å². The molecule has 0 bridgehead atoms. The molecule has 1 nitrogen and oxygen atoms in total. The summed E-state index contributed by atoms with van der Waals surface area (Å²) in [6, 6.07) is 38.3. The number of nitrogens with zero attached hydrogens (tertiary/aromatic N) is 1. The van der Waals surface area contributed by atoms with Gasteiger partial charge < -0.3 is 4.57 Å². The molecule has 1 heterocycles. The van der Waals surface area contributed by atoms with Crippen molar-refractivity contribution in [1.29, 1.82) is 0 Å². The van der Waals surface area contributed by atoms with Crippen LogP contribution in [0.3, 0.4) is 0 Å². The summed E-state index contributed by atoms with van der Waals surface area (Å²) in [6.07, 6.45) is 5.14. The Kier molecular flexibility index (Phi) is 6.22. The third-order valence-electron chi connectivity index (χ3n) is 6.42. The second-order valence-electron chi connectivity index (χ2n) is 8.57. The van der Waals surface area contributed by atoms with Gasteiger partial charge in [-0.3, -0.25) is 0 Å². The summed E-state index contributed by atoms with van der Waals surface area (Å²) in [6.45, 7) is 3.37. The van der Waals surface area contributed by atoms with Crippen molar-refractivity contribution < 1.29 is 0 Å². The third-order valence-corrected chi connectivity index (χ3v) is 9.13. The van der Waals surface area contributed by atoms with E-state index in [0.717, 1.165) is 6.54 Å². The van der Waals surface area contributed by atoms with Gasteiger partial charge >= 0.3 is 0 Å². The van der Waals surface area contributed by atoms with Crippen molar-refractivity contribution in [2.24, 2.45) is 0 Å². The minimum Gasteiger partial charge on any atom is -0.340 e. The van der Waals surface area contributed by atoms with Crippen LogP contribution in [-0.2, 0) is 6.54 Å². The highest BCUT2D eigenvalue weighted by molar-refractivity contribution is 6.95. The molecule has 0 unspecified atom stereocenters. The summed E-state index contributed by atoms with van der Waals surface area (Å²) >= 11 is 0. The monoisotopic (exact) mass is 432 g/mol. The fraction of sp³-hybridized carbons (Fsp3) is 0.200. The molecule has 0 spiro atoms. The summed E-state index contributed by atoms with van der Waals surface area (Å²) in [5.41, 5.74) is 2.73. The van der Waals surface area contributed by atoms with Crippen molar-refractivity contribution in [3.8, 4) is 0 Å². The molecule has 0 saturated carbocycles. The van der Waals surface area contributed by atoms with Gasteiger partial charge in [0, 0.05) is 28.4 Å². The fourth-order valence-electron chi connectivity index (χ4n) is 4.86. The molecule has 0 amide bonds. The highest BCUT2D eigenvalue weighted by Gasteiger charge is 2.21. The van der Waals surface area contributed by atoms with Crippen molar-refractivity contribution in [3.05, 3.63) is 103 Å². The molecule has 5 rings (SSSR count). The topological polar surface area (TPSA) is 4.93 Å². The number of benzene rings is 4. The number of unbranched alkanes of at least 4 members (excludes halogenated alkanes) is 3. The zero-order valence-corrected chi connectivity index (χ0v) is 19.8. The summed E-state index contributed by atoms with van der Waals surface area (Å²) in [7, 11) is -1.06. The van der Waals surface area contributed by atoms with Crippen LogP contribution in [0.4, 0.5) is 0 Å². The number of fused-ring (bicyclic) bond motifs is 3. The van der Waals surface area contributed by atoms with E-state index in [9.17, 15) is 0 Å². The van der Waals surface area contributed by atoms with Gasteiger partial charge in [-0.15, -0.1) is 0 Å². The van der Waals surface area contributed by atoms with Crippen LogP contribution < -0.4 is 15.6 Å². The van der Waals surface area contributed by atoms with Crippen LogP contribution in [0.5, 0.6) is 0 Å². The lowest BCUT2D eigenvalue weighted by Crippen LogP contribution is -2.51. The van der Waals surface area contributed by atoms with Gasteiger partial charge in [0.15, 0.2) is 8.80 Å². The molecule has 2 heteroatoms. The van der Waals surface area contributed by atoms with Crippen LogP contribution in [0.1, 0.15) is 32.6 Å². The third kappa shape index (κ3) is 4.03. The maximum absolute atomic E-state index is 2.54. The molecule has 5 aromatic rings. The Hall–Kier alpha value is -3.10. The van der Waals surface area contributed by atoms with Crippen molar-refractivity contribution in [2.45, 2.75) is 39.2 Å². The van der Waals surface area contributed by atoms with E-state index in [2.05, 4.69) is 115 Å². The number of rotatable bonds is 8. The van der Waals surface area contributed by atoms with Gasteiger partial charge in [-0.25, -0.2) is 0 Å². The van der Waals surface area contributed by atoms with Crippen LogP contribution in [0.2, 0.25) is 0 Å². The minimum atomic E-state index is -1.06. The van der Waals surface area contributed by atoms with E-state index in [4.69, 9.17) is 0 Å². The Balaban J connectivity index is 1.64. The Morgan fingerprint density at radius 2 is 1.19 bits per heavy atom. The van der Waals surface area contributed by atoms with Gasteiger partial charge in [-0.05, 0) is 23.7 Å². The second kappa shape index (κ2) is 9.58. The number of para-hydroxylation sites is 1. The zero-order valence-electron chi connectivity index (χ0n) is 18.8. The number of hydrogen-bond donors (Lipinski definition) is 0. The van der Waals surface area contributed by atoms with Gasteiger partial charge in [0.1, 0.15) is 0 Å². The molecule has 32 heavy (non-hydrogen) atoms. The molecular formula is C30H30NSi. The Morgan fingerprint density at radius 3 is 1.88 bits per heavy atom. The first-order chi connectivity index (χ1) is 15.9. The van der Waals surface area contributed by atoms with E-state index < -0.39 is 8.80 Å². The van der Waals surface area contributed by atoms with Gasteiger partial charge in [0.25, 0.3) is 0 Å². The van der Waals surface area contributed by atoms with E-state index in [-0.39, 0.29) is 0 Å². The Labute approximate surface area is 192 Å². The fourth-order valence-corrected chi connectivity index (χ4v) is 7.45. The van der Waals surface area contributed by atoms with Crippen LogP contribution in [0.15, 0.2) is 103 Å². The molecule has 0 aliphatic heterocycles. The van der Waals surface area contributed by atoms with Crippen LogP contribution in [0.25, 0.3) is 21.8 Å². The molecule has 1 aromatic heterocycles. The predicted octanol–water partition coefficient (Wildman–Crippen LogP) is 5.89. The molecule has 0 saturated heterocycles. The number of aryl methyl sites for hydroxylation is 1. The molecule has 4 aromatic carbocycles. The summed E-state index contributed by atoms with van der Waals surface area (Å²) in [5.74, 6) is 0. The number of aromatic nitrogens is 1. The zero-order chi connectivity index (χ0) is 21.8. The summed E-state index contributed by atoms with van der Waals surface area (Å²) < 4.78 is 2.54. The highest BCUT2D eigenvalue weighted by atomic mass is 28.3. The largest absolute Gasteiger partial charge is 0.340 e. The minimum absolute atomic E-state index is 1.06. The first kappa shape index (κ1) is 20.8. The Morgan fingerprint density at radius 1 is 0.562 bits per heavy atom. The first-order valence-corrected chi connectivity index (χ1v) is 13.4. The average Bonchev–Trinajstić information content (AvgIpc) is 3.17.